The molecule has 29 heavy (non-hydrogen) atoms. The molecule has 0 aliphatic carbocycles. The van der Waals surface area contributed by atoms with Gasteiger partial charge in [-0.2, -0.15) is 5.10 Å². The van der Waals surface area contributed by atoms with E-state index in [-0.39, 0.29) is 53.9 Å². The molecule has 3 heterocycles. The van der Waals surface area contributed by atoms with Crippen LogP contribution in [-0.4, -0.2) is 97.2 Å². The number of hydrogen-bond donors (Lipinski definition) is 0. The second-order valence-corrected chi connectivity index (χ2v) is 10.3. The van der Waals surface area contributed by atoms with Crippen molar-refractivity contribution in [3.63, 3.8) is 0 Å². The summed E-state index contributed by atoms with van der Waals surface area (Å²) in [5.74, 6) is -0.331. The van der Waals surface area contributed by atoms with E-state index in [0.717, 1.165) is 0 Å². The van der Waals surface area contributed by atoms with Crippen molar-refractivity contribution in [2.75, 3.05) is 44.3 Å². The average molecular weight is 429 g/mol. The predicted molar refractivity (Wildman–Crippen MR) is 105 cm³/mol. The summed E-state index contributed by atoms with van der Waals surface area (Å²) in [7, 11) is -3.16. The molecule has 3 amide bonds. The SMILES string of the molecule is CC(C)COC(=O)N1CCN(C(=O)C2=NN(C3CCS(=O)(=O)C3)C(=O)CC2)CC1. The molecule has 3 aliphatic rings. The minimum absolute atomic E-state index is 0.0368. The van der Waals surface area contributed by atoms with Crippen LogP contribution in [0.1, 0.15) is 33.1 Å². The lowest BCUT2D eigenvalue weighted by atomic mass is 10.1. The molecule has 162 valence electrons. The van der Waals surface area contributed by atoms with Crippen molar-refractivity contribution < 1.29 is 27.5 Å². The lowest BCUT2D eigenvalue weighted by Crippen LogP contribution is -2.53. The summed E-state index contributed by atoms with van der Waals surface area (Å²) in [6, 6.07) is -0.497. The first-order valence-corrected chi connectivity index (χ1v) is 11.8. The van der Waals surface area contributed by atoms with Crippen LogP contribution in [0.3, 0.4) is 0 Å². The Morgan fingerprint density at radius 2 is 1.79 bits per heavy atom. The number of rotatable bonds is 4. The van der Waals surface area contributed by atoms with Crippen LogP contribution in [0.2, 0.25) is 0 Å². The molecule has 0 N–H and O–H groups in total. The first-order valence-electron chi connectivity index (χ1n) is 9.97. The Morgan fingerprint density at radius 3 is 2.38 bits per heavy atom. The molecule has 10 nitrogen and oxygen atoms in total. The number of nitrogens with zero attached hydrogens (tertiary/aromatic N) is 4. The molecule has 0 aromatic carbocycles. The van der Waals surface area contributed by atoms with Gasteiger partial charge in [0.2, 0.25) is 5.91 Å². The Labute approximate surface area is 170 Å². The van der Waals surface area contributed by atoms with E-state index in [1.165, 1.54) is 5.01 Å². The Morgan fingerprint density at radius 1 is 1.14 bits per heavy atom. The molecular formula is C18H28N4O6S. The average Bonchev–Trinajstić information content (AvgIpc) is 3.05. The van der Waals surface area contributed by atoms with Gasteiger partial charge in [-0.1, -0.05) is 13.8 Å². The van der Waals surface area contributed by atoms with Crippen LogP contribution in [0.4, 0.5) is 4.79 Å². The highest BCUT2D eigenvalue weighted by atomic mass is 32.2. The van der Waals surface area contributed by atoms with Crippen LogP contribution >= 0.6 is 0 Å². The number of ether oxygens (including phenoxy) is 1. The molecule has 3 aliphatic heterocycles. The Bertz CT molecular complexity index is 801. The summed E-state index contributed by atoms with van der Waals surface area (Å²) in [5, 5.41) is 5.42. The second kappa shape index (κ2) is 8.68. The summed E-state index contributed by atoms with van der Waals surface area (Å²) in [4.78, 5) is 40.3. The minimum Gasteiger partial charge on any atom is -0.449 e. The lowest BCUT2D eigenvalue weighted by molar-refractivity contribution is -0.134. The van der Waals surface area contributed by atoms with E-state index < -0.39 is 15.9 Å². The van der Waals surface area contributed by atoms with Gasteiger partial charge in [0.1, 0.15) is 5.71 Å². The molecule has 0 bridgehead atoms. The Balaban J connectivity index is 1.58. The zero-order valence-electron chi connectivity index (χ0n) is 16.9. The number of hydrazone groups is 1. The van der Waals surface area contributed by atoms with Gasteiger partial charge in [-0.05, 0) is 12.3 Å². The predicted octanol–water partition coefficient (Wildman–Crippen LogP) is 0.0887. The molecule has 2 fully saturated rings. The second-order valence-electron chi connectivity index (χ2n) is 8.09. The maximum atomic E-state index is 12.8. The third-order valence-corrected chi connectivity index (χ3v) is 6.98. The monoisotopic (exact) mass is 428 g/mol. The highest BCUT2D eigenvalue weighted by Crippen LogP contribution is 2.22. The van der Waals surface area contributed by atoms with Crippen molar-refractivity contribution in [1.82, 2.24) is 14.8 Å². The maximum absolute atomic E-state index is 12.8. The third kappa shape index (κ3) is 5.26. The smallest absolute Gasteiger partial charge is 0.409 e. The van der Waals surface area contributed by atoms with Gasteiger partial charge in [-0.25, -0.2) is 18.2 Å². The topological polar surface area (TPSA) is 117 Å². The van der Waals surface area contributed by atoms with Crippen LogP contribution in [0.5, 0.6) is 0 Å². The quantitative estimate of drug-likeness (QED) is 0.626. The van der Waals surface area contributed by atoms with Crippen molar-refractivity contribution in [2.45, 2.75) is 39.2 Å². The first-order chi connectivity index (χ1) is 13.7. The van der Waals surface area contributed by atoms with E-state index in [2.05, 4.69) is 5.10 Å². The van der Waals surface area contributed by atoms with Gasteiger partial charge in [0.05, 0.1) is 24.2 Å². The standard InChI is InChI=1S/C18H28N4O6S/c1-13(2)11-28-18(25)21-8-6-20(7-9-21)17(24)15-3-4-16(23)22(19-15)14-5-10-29(26,27)12-14/h13-14H,3-12H2,1-2H3. The van der Waals surface area contributed by atoms with E-state index in [4.69, 9.17) is 4.74 Å². The number of carbonyl (C=O) groups is 3. The fourth-order valence-electron chi connectivity index (χ4n) is 3.58. The van der Waals surface area contributed by atoms with Crippen molar-refractivity contribution in [3.8, 4) is 0 Å². The van der Waals surface area contributed by atoms with E-state index >= 15 is 0 Å². The number of amides is 3. The fraction of sp³-hybridized carbons (Fsp3) is 0.778. The van der Waals surface area contributed by atoms with Crippen molar-refractivity contribution in [1.29, 1.82) is 0 Å². The highest BCUT2D eigenvalue weighted by molar-refractivity contribution is 7.91. The summed E-state index contributed by atoms with van der Waals surface area (Å²) in [5.41, 5.74) is 0.268. The summed E-state index contributed by atoms with van der Waals surface area (Å²) in [6.45, 7) is 5.75. The Kier molecular flexibility index (Phi) is 6.45. The van der Waals surface area contributed by atoms with Crippen LogP contribution in [0, 0.1) is 5.92 Å². The van der Waals surface area contributed by atoms with E-state index in [1.54, 1.807) is 9.80 Å². The van der Waals surface area contributed by atoms with E-state index in [1.807, 2.05) is 13.8 Å². The summed E-state index contributed by atoms with van der Waals surface area (Å²) in [6.07, 6.45) is 0.350. The molecule has 0 radical (unpaired) electrons. The van der Waals surface area contributed by atoms with Gasteiger partial charge >= 0.3 is 6.09 Å². The minimum atomic E-state index is -3.16. The fourth-order valence-corrected chi connectivity index (χ4v) is 5.27. The van der Waals surface area contributed by atoms with Crippen LogP contribution < -0.4 is 0 Å². The van der Waals surface area contributed by atoms with Gasteiger partial charge in [-0.15, -0.1) is 0 Å². The van der Waals surface area contributed by atoms with E-state index in [9.17, 15) is 22.8 Å². The van der Waals surface area contributed by atoms with Gasteiger partial charge in [-0.3, -0.25) is 9.59 Å². The largest absolute Gasteiger partial charge is 0.449 e. The number of sulfone groups is 1. The third-order valence-electron chi connectivity index (χ3n) is 5.23. The van der Waals surface area contributed by atoms with Gasteiger partial charge in [0.25, 0.3) is 5.91 Å². The molecular weight excluding hydrogens is 400 g/mol. The van der Waals surface area contributed by atoms with Crippen LogP contribution in [0.15, 0.2) is 5.10 Å². The zero-order valence-corrected chi connectivity index (χ0v) is 17.7. The Hall–Kier alpha value is -2.17. The number of hydrogen-bond acceptors (Lipinski definition) is 7. The molecule has 0 spiro atoms. The molecule has 11 heteroatoms. The van der Waals surface area contributed by atoms with Gasteiger partial charge < -0.3 is 14.5 Å². The zero-order chi connectivity index (χ0) is 21.2. The van der Waals surface area contributed by atoms with Crippen LogP contribution in [-0.2, 0) is 24.2 Å². The van der Waals surface area contributed by atoms with Crippen LogP contribution in [0.25, 0.3) is 0 Å². The molecule has 0 saturated carbocycles. The molecule has 1 atom stereocenters. The van der Waals surface area contributed by atoms with Gasteiger partial charge in [0, 0.05) is 39.0 Å². The van der Waals surface area contributed by atoms with Crippen molar-refractivity contribution in [2.24, 2.45) is 11.0 Å². The number of piperazine rings is 1. The van der Waals surface area contributed by atoms with Crippen molar-refractivity contribution >= 4 is 33.5 Å². The highest BCUT2D eigenvalue weighted by Gasteiger charge is 2.38. The first kappa shape index (κ1) is 21.5. The van der Waals surface area contributed by atoms with Gasteiger partial charge in [0.15, 0.2) is 9.84 Å². The normalized spacial score (nSPS) is 24.7. The summed E-state index contributed by atoms with van der Waals surface area (Å²) >= 11 is 0. The molecule has 3 rings (SSSR count). The maximum Gasteiger partial charge on any atom is 0.409 e. The van der Waals surface area contributed by atoms with E-state index in [0.29, 0.717) is 39.2 Å². The number of carbonyl (C=O) groups excluding carboxylic acids is 3. The molecule has 0 aromatic heterocycles. The molecule has 2 saturated heterocycles. The molecule has 1 unspecified atom stereocenters. The molecule has 0 aromatic rings. The lowest BCUT2D eigenvalue weighted by Gasteiger charge is -2.35. The summed E-state index contributed by atoms with van der Waals surface area (Å²) < 4.78 is 28.7. The van der Waals surface area contributed by atoms with Crippen molar-refractivity contribution in [3.05, 3.63) is 0 Å².